The topological polar surface area (TPSA) is 78.0 Å². The number of aryl methyl sites for hydroxylation is 2. The SMILES string of the molecule is Cc1ccc(S(=O)(=O)N2CCN(CN3C(=O)[C@H]4CC=CC[C@@H]4C3=O)CC2)cc1C. The highest BCUT2D eigenvalue weighted by Gasteiger charge is 2.47. The Bertz CT molecular complexity index is 938. The zero-order valence-corrected chi connectivity index (χ0v) is 17.7. The number of hydrogen-bond acceptors (Lipinski definition) is 5. The van der Waals surface area contributed by atoms with Crippen LogP contribution >= 0.6 is 0 Å². The molecule has 0 aromatic heterocycles. The highest BCUT2D eigenvalue weighted by Crippen LogP contribution is 2.35. The van der Waals surface area contributed by atoms with Crippen LogP contribution in [0.2, 0.25) is 0 Å². The minimum atomic E-state index is -3.54. The van der Waals surface area contributed by atoms with Gasteiger partial charge in [0, 0.05) is 26.2 Å². The van der Waals surface area contributed by atoms with Crippen molar-refractivity contribution in [3.63, 3.8) is 0 Å². The van der Waals surface area contributed by atoms with Gasteiger partial charge in [0.2, 0.25) is 21.8 Å². The molecule has 0 spiro atoms. The zero-order valence-electron chi connectivity index (χ0n) is 16.9. The van der Waals surface area contributed by atoms with Crippen molar-refractivity contribution in [3.8, 4) is 0 Å². The van der Waals surface area contributed by atoms with Gasteiger partial charge in [-0.2, -0.15) is 4.31 Å². The molecule has 2 aliphatic heterocycles. The van der Waals surface area contributed by atoms with E-state index in [1.165, 1.54) is 9.21 Å². The fourth-order valence-electron chi connectivity index (χ4n) is 4.34. The third-order valence-electron chi connectivity index (χ3n) is 6.39. The van der Waals surface area contributed by atoms with Gasteiger partial charge in [-0.15, -0.1) is 0 Å². The number of carbonyl (C=O) groups excluding carboxylic acids is 2. The van der Waals surface area contributed by atoms with Crippen molar-refractivity contribution in [3.05, 3.63) is 41.5 Å². The van der Waals surface area contributed by atoms with E-state index >= 15 is 0 Å². The van der Waals surface area contributed by atoms with Crippen LogP contribution in [0.1, 0.15) is 24.0 Å². The Morgan fingerprint density at radius 3 is 2.03 bits per heavy atom. The predicted octanol–water partition coefficient (Wildman–Crippen LogP) is 1.52. The molecule has 1 aliphatic carbocycles. The van der Waals surface area contributed by atoms with E-state index in [9.17, 15) is 18.0 Å². The summed E-state index contributed by atoms with van der Waals surface area (Å²) in [5.41, 5.74) is 2.01. The number of nitrogens with zero attached hydrogens (tertiary/aromatic N) is 3. The van der Waals surface area contributed by atoms with E-state index in [-0.39, 0.29) is 30.3 Å². The number of piperazine rings is 1. The molecule has 0 saturated carbocycles. The molecule has 0 N–H and O–H groups in total. The maximum atomic E-state index is 13.0. The molecular formula is C21H27N3O4S. The lowest BCUT2D eigenvalue weighted by Crippen LogP contribution is -2.52. The van der Waals surface area contributed by atoms with E-state index < -0.39 is 10.0 Å². The number of amides is 2. The van der Waals surface area contributed by atoms with Gasteiger partial charge in [0.05, 0.1) is 23.4 Å². The Balaban J connectivity index is 1.39. The van der Waals surface area contributed by atoms with E-state index in [2.05, 4.69) is 0 Å². The maximum Gasteiger partial charge on any atom is 0.243 e. The van der Waals surface area contributed by atoms with Gasteiger partial charge in [-0.05, 0) is 49.9 Å². The Labute approximate surface area is 172 Å². The Morgan fingerprint density at radius 1 is 0.897 bits per heavy atom. The van der Waals surface area contributed by atoms with Crippen molar-refractivity contribution in [1.29, 1.82) is 0 Å². The molecule has 1 aromatic carbocycles. The van der Waals surface area contributed by atoms with E-state index in [4.69, 9.17) is 0 Å². The largest absolute Gasteiger partial charge is 0.283 e. The Kier molecular flexibility index (Phi) is 5.35. The molecule has 3 aliphatic rings. The van der Waals surface area contributed by atoms with Crippen molar-refractivity contribution in [2.45, 2.75) is 31.6 Å². The van der Waals surface area contributed by atoms with E-state index in [1.807, 2.05) is 37.0 Å². The van der Waals surface area contributed by atoms with Crippen molar-refractivity contribution in [2.24, 2.45) is 11.8 Å². The van der Waals surface area contributed by atoms with Crippen LogP contribution in [0.4, 0.5) is 0 Å². The van der Waals surface area contributed by atoms with Crippen molar-refractivity contribution in [1.82, 2.24) is 14.1 Å². The molecule has 0 bridgehead atoms. The molecule has 156 valence electrons. The summed E-state index contributed by atoms with van der Waals surface area (Å²) in [6.45, 7) is 5.80. The molecule has 1 aromatic rings. The van der Waals surface area contributed by atoms with Crippen LogP contribution in [0, 0.1) is 25.7 Å². The maximum absolute atomic E-state index is 13.0. The lowest BCUT2D eigenvalue weighted by Gasteiger charge is -2.35. The quantitative estimate of drug-likeness (QED) is 0.548. The molecular weight excluding hydrogens is 390 g/mol. The van der Waals surface area contributed by atoms with Crippen LogP contribution in [0.5, 0.6) is 0 Å². The predicted molar refractivity (Wildman–Crippen MR) is 108 cm³/mol. The standard InChI is InChI=1S/C21H27N3O4S/c1-15-7-8-17(13-16(15)2)29(27,28)23-11-9-22(10-12-23)14-24-20(25)18-5-3-4-6-19(18)21(24)26/h3-4,7-8,13,18-19H,5-6,9-12,14H2,1-2H3/t18-,19-/m0/s1. The van der Waals surface area contributed by atoms with Gasteiger partial charge in [-0.3, -0.25) is 19.4 Å². The van der Waals surface area contributed by atoms with Crippen molar-refractivity contribution < 1.29 is 18.0 Å². The number of allylic oxidation sites excluding steroid dienone is 2. The first-order valence-corrected chi connectivity index (χ1v) is 11.5. The molecule has 2 atom stereocenters. The third-order valence-corrected chi connectivity index (χ3v) is 8.28. The monoisotopic (exact) mass is 417 g/mol. The van der Waals surface area contributed by atoms with Gasteiger partial charge in [-0.1, -0.05) is 18.2 Å². The Hall–Kier alpha value is -2.03. The van der Waals surface area contributed by atoms with Gasteiger partial charge in [0.1, 0.15) is 0 Å². The fraction of sp³-hybridized carbons (Fsp3) is 0.524. The number of benzene rings is 1. The first-order chi connectivity index (χ1) is 13.8. The summed E-state index contributed by atoms with van der Waals surface area (Å²) in [5.74, 6) is -0.623. The van der Waals surface area contributed by atoms with Gasteiger partial charge in [0.15, 0.2) is 0 Å². The summed E-state index contributed by atoms with van der Waals surface area (Å²) >= 11 is 0. The van der Waals surface area contributed by atoms with Crippen molar-refractivity contribution in [2.75, 3.05) is 32.8 Å². The van der Waals surface area contributed by atoms with Gasteiger partial charge in [-0.25, -0.2) is 8.42 Å². The number of carbonyl (C=O) groups is 2. The van der Waals surface area contributed by atoms with E-state index in [0.29, 0.717) is 43.9 Å². The number of rotatable bonds is 4. The van der Waals surface area contributed by atoms with Gasteiger partial charge in [0.25, 0.3) is 0 Å². The van der Waals surface area contributed by atoms with E-state index in [1.54, 1.807) is 12.1 Å². The zero-order chi connectivity index (χ0) is 20.8. The van der Waals surface area contributed by atoms with Crippen LogP contribution in [0.25, 0.3) is 0 Å². The lowest BCUT2D eigenvalue weighted by molar-refractivity contribution is -0.142. The average molecular weight is 418 g/mol. The van der Waals surface area contributed by atoms with Gasteiger partial charge >= 0.3 is 0 Å². The van der Waals surface area contributed by atoms with Crippen LogP contribution in [-0.2, 0) is 19.6 Å². The molecule has 2 heterocycles. The molecule has 2 saturated heterocycles. The highest BCUT2D eigenvalue weighted by molar-refractivity contribution is 7.89. The summed E-state index contributed by atoms with van der Waals surface area (Å²) in [4.78, 5) is 28.9. The second-order valence-electron chi connectivity index (χ2n) is 8.17. The molecule has 0 radical (unpaired) electrons. The van der Waals surface area contributed by atoms with Crippen molar-refractivity contribution >= 4 is 21.8 Å². The highest BCUT2D eigenvalue weighted by atomic mass is 32.2. The average Bonchev–Trinajstić information content (AvgIpc) is 2.95. The fourth-order valence-corrected chi connectivity index (χ4v) is 5.85. The summed E-state index contributed by atoms with van der Waals surface area (Å²) < 4.78 is 27.4. The molecule has 8 heteroatoms. The summed E-state index contributed by atoms with van der Waals surface area (Å²) in [5, 5.41) is 0. The number of hydrogen-bond donors (Lipinski definition) is 0. The normalized spacial score (nSPS) is 26.2. The number of likely N-dealkylation sites (tertiary alicyclic amines) is 1. The second-order valence-corrected chi connectivity index (χ2v) is 10.1. The minimum absolute atomic E-state index is 0.0884. The van der Waals surface area contributed by atoms with Crippen LogP contribution < -0.4 is 0 Å². The second kappa shape index (κ2) is 7.66. The molecule has 0 unspecified atom stereocenters. The minimum Gasteiger partial charge on any atom is -0.283 e. The number of imide groups is 1. The summed E-state index contributed by atoms with van der Waals surface area (Å²) in [7, 11) is -3.54. The molecule has 2 amide bonds. The number of sulfonamides is 1. The Morgan fingerprint density at radius 2 is 1.48 bits per heavy atom. The van der Waals surface area contributed by atoms with Crippen LogP contribution in [0.15, 0.2) is 35.2 Å². The summed E-state index contributed by atoms with van der Waals surface area (Å²) in [6, 6.07) is 5.20. The van der Waals surface area contributed by atoms with Crippen LogP contribution in [-0.4, -0.2) is 67.2 Å². The molecule has 2 fully saturated rings. The van der Waals surface area contributed by atoms with E-state index in [0.717, 1.165) is 11.1 Å². The lowest BCUT2D eigenvalue weighted by atomic mass is 9.85. The smallest absolute Gasteiger partial charge is 0.243 e. The first kappa shape index (κ1) is 20.3. The molecule has 29 heavy (non-hydrogen) atoms. The summed E-state index contributed by atoms with van der Waals surface area (Å²) in [6.07, 6.45) is 5.22. The van der Waals surface area contributed by atoms with Crippen LogP contribution in [0.3, 0.4) is 0 Å². The number of fused-ring (bicyclic) bond motifs is 1. The molecule has 7 nitrogen and oxygen atoms in total. The molecule has 4 rings (SSSR count). The van der Waals surface area contributed by atoms with Gasteiger partial charge < -0.3 is 0 Å². The third kappa shape index (κ3) is 3.65. The first-order valence-electron chi connectivity index (χ1n) is 10.1.